The molecule has 0 saturated carbocycles. The fraction of sp³-hybridized carbons (Fsp3) is 0.949. The molecule has 1 saturated heterocycles. The van der Waals surface area contributed by atoms with Crippen LogP contribution in [-0.2, 0) is 14.3 Å². The van der Waals surface area contributed by atoms with Crippen molar-refractivity contribution in [2.75, 3.05) is 13.2 Å². The van der Waals surface area contributed by atoms with Gasteiger partial charge in [-0.2, -0.15) is 0 Å². The van der Waals surface area contributed by atoms with Gasteiger partial charge in [0.2, 0.25) is 5.91 Å². The molecule has 0 aromatic carbocycles. The van der Waals surface area contributed by atoms with Gasteiger partial charge in [-0.1, -0.05) is 264 Å². The lowest BCUT2D eigenvalue weighted by Gasteiger charge is -2.40. The number of carbonyl (C=O) groups excluding carboxylic acids is 1. The highest BCUT2D eigenvalue weighted by molar-refractivity contribution is 5.80. The Kier molecular flexibility index (Phi) is 46.6. The van der Waals surface area contributed by atoms with Crippen molar-refractivity contribution in [2.45, 2.75) is 345 Å². The van der Waals surface area contributed by atoms with Crippen molar-refractivity contribution in [3.05, 3.63) is 12.2 Å². The van der Waals surface area contributed by atoms with Crippen molar-refractivity contribution in [3.8, 4) is 0 Å². The smallest absolute Gasteiger partial charge is 0.249 e. The van der Waals surface area contributed by atoms with Gasteiger partial charge in [-0.3, -0.25) is 4.79 Å². The Bertz CT molecular complexity index is 1140. The number of hydrogen-bond donors (Lipinski definition) is 8. The van der Waals surface area contributed by atoms with E-state index < -0.39 is 74.2 Å². The molecule has 0 spiro atoms. The first-order valence-corrected chi connectivity index (χ1v) is 30.1. The molecule has 1 aliphatic rings. The molecule has 11 nitrogen and oxygen atoms in total. The molecule has 0 radical (unpaired) electrons. The number of hydrogen-bond acceptors (Lipinski definition) is 10. The molecule has 416 valence electrons. The summed E-state index contributed by atoms with van der Waals surface area (Å²) in [7, 11) is 0. The van der Waals surface area contributed by atoms with E-state index in [-0.39, 0.29) is 6.42 Å². The summed E-state index contributed by atoms with van der Waals surface area (Å²) in [4.78, 5) is 13.1. The predicted molar refractivity (Wildman–Crippen MR) is 289 cm³/mol. The SMILES string of the molecule is CCCCC/C=C\CCCCCCC(O)C(=O)NC(COC1OC(CO)C(O)C(O)C1O)C(O)C(O)CCCCCCCCCCCCCCCCCCCCCCCCCCCCCCCCCC. The second-order valence-corrected chi connectivity index (χ2v) is 21.4. The Morgan fingerprint density at radius 3 is 1.23 bits per heavy atom. The van der Waals surface area contributed by atoms with E-state index in [0.29, 0.717) is 19.3 Å². The van der Waals surface area contributed by atoms with Gasteiger partial charge in [-0.05, 0) is 38.5 Å². The topological polar surface area (TPSA) is 189 Å². The fourth-order valence-corrected chi connectivity index (χ4v) is 9.91. The molecule has 0 bridgehead atoms. The number of aliphatic hydroxyl groups excluding tert-OH is 7. The Balaban J connectivity index is 2.16. The summed E-state index contributed by atoms with van der Waals surface area (Å²) in [5.41, 5.74) is 0. The molecule has 9 unspecified atom stereocenters. The summed E-state index contributed by atoms with van der Waals surface area (Å²) in [5, 5.41) is 76.0. The Morgan fingerprint density at radius 2 is 0.829 bits per heavy atom. The number of rotatable bonds is 52. The van der Waals surface area contributed by atoms with Gasteiger partial charge in [0.15, 0.2) is 6.29 Å². The zero-order valence-electron chi connectivity index (χ0n) is 45.5. The minimum atomic E-state index is -1.66. The van der Waals surface area contributed by atoms with Crippen molar-refractivity contribution in [1.29, 1.82) is 0 Å². The van der Waals surface area contributed by atoms with E-state index in [1.165, 1.54) is 199 Å². The summed E-state index contributed by atoms with van der Waals surface area (Å²) in [6.07, 6.45) is 45.9. The molecule has 8 N–H and O–H groups in total. The van der Waals surface area contributed by atoms with Gasteiger partial charge in [-0.15, -0.1) is 0 Å². The van der Waals surface area contributed by atoms with Gasteiger partial charge in [0, 0.05) is 0 Å². The predicted octanol–water partition coefficient (Wildman–Crippen LogP) is 12.7. The van der Waals surface area contributed by atoms with Crippen LogP contribution in [0.15, 0.2) is 12.2 Å². The third-order valence-electron chi connectivity index (χ3n) is 14.8. The van der Waals surface area contributed by atoms with E-state index in [1.54, 1.807) is 0 Å². The zero-order valence-corrected chi connectivity index (χ0v) is 45.5. The maximum atomic E-state index is 13.1. The van der Waals surface area contributed by atoms with E-state index in [0.717, 1.165) is 51.4 Å². The van der Waals surface area contributed by atoms with Crippen molar-refractivity contribution < 1.29 is 50.0 Å². The number of aliphatic hydroxyl groups is 7. The Hall–Kier alpha value is -1.15. The molecule has 70 heavy (non-hydrogen) atoms. The summed E-state index contributed by atoms with van der Waals surface area (Å²) < 4.78 is 11.1. The molecular weight excluding hydrogens is 883 g/mol. The second kappa shape index (κ2) is 48.8. The van der Waals surface area contributed by atoms with Gasteiger partial charge in [0.05, 0.1) is 25.4 Å². The minimum absolute atomic E-state index is 0.247. The molecule has 1 heterocycles. The van der Waals surface area contributed by atoms with Crippen LogP contribution < -0.4 is 5.32 Å². The molecule has 1 amide bonds. The first kappa shape index (κ1) is 66.9. The van der Waals surface area contributed by atoms with E-state index >= 15 is 0 Å². The van der Waals surface area contributed by atoms with Gasteiger partial charge in [-0.25, -0.2) is 0 Å². The van der Waals surface area contributed by atoms with Gasteiger partial charge < -0.3 is 50.5 Å². The summed E-state index contributed by atoms with van der Waals surface area (Å²) in [6, 6.07) is -1.17. The molecule has 1 aliphatic heterocycles. The molecule has 0 aromatic rings. The lowest BCUT2D eigenvalue weighted by Crippen LogP contribution is -2.60. The zero-order chi connectivity index (χ0) is 51.1. The van der Waals surface area contributed by atoms with E-state index in [9.17, 15) is 40.5 Å². The first-order chi connectivity index (χ1) is 34.2. The first-order valence-electron chi connectivity index (χ1n) is 30.1. The van der Waals surface area contributed by atoms with Crippen LogP contribution in [0, 0.1) is 0 Å². The van der Waals surface area contributed by atoms with Gasteiger partial charge >= 0.3 is 0 Å². The largest absolute Gasteiger partial charge is 0.394 e. The van der Waals surface area contributed by atoms with Crippen LogP contribution in [0.3, 0.4) is 0 Å². The van der Waals surface area contributed by atoms with Gasteiger partial charge in [0.1, 0.15) is 36.6 Å². The van der Waals surface area contributed by atoms with Crippen LogP contribution in [0.5, 0.6) is 0 Å². The highest BCUT2D eigenvalue weighted by Crippen LogP contribution is 2.24. The Labute approximate surface area is 430 Å². The normalized spacial score (nSPS) is 20.3. The number of allylic oxidation sites excluding steroid dienone is 2. The van der Waals surface area contributed by atoms with Crippen molar-refractivity contribution in [3.63, 3.8) is 0 Å². The average Bonchev–Trinajstić information content (AvgIpc) is 3.36. The van der Waals surface area contributed by atoms with Crippen LogP contribution in [0.1, 0.15) is 290 Å². The molecule has 11 heteroatoms. The van der Waals surface area contributed by atoms with Crippen LogP contribution >= 0.6 is 0 Å². The summed E-state index contributed by atoms with van der Waals surface area (Å²) in [6.45, 7) is 3.44. The highest BCUT2D eigenvalue weighted by Gasteiger charge is 2.44. The molecule has 9 atom stereocenters. The fourth-order valence-electron chi connectivity index (χ4n) is 9.91. The highest BCUT2D eigenvalue weighted by atomic mass is 16.7. The third-order valence-corrected chi connectivity index (χ3v) is 14.8. The van der Waals surface area contributed by atoms with Crippen LogP contribution in [0.25, 0.3) is 0 Å². The molecule has 0 aliphatic carbocycles. The van der Waals surface area contributed by atoms with E-state index in [1.807, 2.05) is 0 Å². The molecular formula is C59H115NO10. The summed E-state index contributed by atoms with van der Waals surface area (Å²) in [5.74, 6) is -0.704. The van der Waals surface area contributed by atoms with Crippen LogP contribution in [0.2, 0.25) is 0 Å². The second-order valence-electron chi connectivity index (χ2n) is 21.4. The Morgan fingerprint density at radius 1 is 0.486 bits per heavy atom. The lowest BCUT2D eigenvalue weighted by atomic mass is 9.98. The quantitative estimate of drug-likeness (QED) is 0.0215. The number of ether oxygens (including phenoxy) is 2. The monoisotopic (exact) mass is 998 g/mol. The lowest BCUT2D eigenvalue weighted by molar-refractivity contribution is -0.303. The van der Waals surface area contributed by atoms with Crippen molar-refractivity contribution >= 4 is 5.91 Å². The number of carbonyl (C=O) groups is 1. The molecule has 1 fully saturated rings. The number of amides is 1. The standard InChI is InChI=1S/C59H115NO10/c1-3-5-7-9-11-13-15-16-17-18-19-20-21-22-23-24-25-26-27-28-29-30-31-32-33-34-35-37-38-40-42-44-46-51(62)54(64)50(49-69-59-57(67)56(66)55(65)53(48-61)70-59)60-58(68)52(63)47-45-43-41-39-36-14-12-10-8-6-4-2/h12,14,50-57,59,61-67H,3-11,13,15-49H2,1-2H3,(H,60,68)/b14-12-. The summed E-state index contributed by atoms with van der Waals surface area (Å²) >= 11 is 0. The van der Waals surface area contributed by atoms with Crippen molar-refractivity contribution in [2.24, 2.45) is 0 Å². The van der Waals surface area contributed by atoms with Crippen LogP contribution in [0.4, 0.5) is 0 Å². The van der Waals surface area contributed by atoms with E-state index in [2.05, 4.69) is 31.3 Å². The maximum Gasteiger partial charge on any atom is 0.249 e. The van der Waals surface area contributed by atoms with Crippen molar-refractivity contribution in [1.82, 2.24) is 5.32 Å². The number of nitrogens with one attached hydrogen (secondary N) is 1. The van der Waals surface area contributed by atoms with E-state index in [4.69, 9.17) is 9.47 Å². The average molecular weight is 999 g/mol. The number of unbranched alkanes of at least 4 members (excludes halogenated alkanes) is 38. The third kappa shape index (κ3) is 36.7. The molecule has 1 rings (SSSR count). The maximum absolute atomic E-state index is 13.1. The van der Waals surface area contributed by atoms with Gasteiger partial charge in [0.25, 0.3) is 0 Å². The molecule has 0 aromatic heterocycles. The van der Waals surface area contributed by atoms with Crippen LogP contribution in [-0.4, -0.2) is 110 Å². The minimum Gasteiger partial charge on any atom is -0.394 e.